The van der Waals surface area contributed by atoms with Gasteiger partial charge in [0.25, 0.3) is 0 Å². The van der Waals surface area contributed by atoms with Crippen molar-refractivity contribution in [2.75, 3.05) is 26.7 Å². The summed E-state index contributed by atoms with van der Waals surface area (Å²) >= 11 is 0. The third kappa shape index (κ3) is 3.83. The first-order valence-corrected chi connectivity index (χ1v) is 8.87. The molecule has 6 heteroatoms. The summed E-state index contributed by atoms with van der Waals surface area (Å²) in [5.41, 5.74) is 0.804. The minimum atomic E-state index is -3.45. The maximum Gasteiger partial charge on any atom is 0.243 e. The van der Waals surface area contributed by atoms with Crippen LogP contribution in [0.2, 0.25) is 0 Å². The second-order valence-corrected chi connectivity index (χ2v) is 7.13. The number of nitrogens with zero attached hydrogens (tertiary/aromatic N) is 1. The van der Waals surface area contributed by atoms with Gasteiger partial charge in [-0.25, -0.2) is 8.42 Å². The summed E-state index contributed by atoms with van der Waals surface area (Å²) in [6.07, 6.45) is 1.78. The second kappa shape index (κ2) is 7.35. The van der Waals surface area contributed by atoms with Crippen LogP contribution in [0.5, 0.6) is 0 Å². The fourth-order valence-electron chi connectivity index (χ4n) is 2.73. The first-order valence-electron chi connectivity index (χ1n) is 7.43. The van der Waals surface area contributed by atoms with Crippen molar-refractivity contribution in [2.45, 2.75) is 37.3 Å². The molecule has 0 spiro atoms. The Bertz CT molecular complexity index is 558. The van der Waals surface area contributed by atoms with Crippen LogP contribution in [0.1, 0.15) is 25.3 Å². The van der Waals surface area contributed by atoms with Gasteiger partial charge in [0.2, 0.25) is 10.0 Å². The van der Waals surface area contributed by atoms with E-state index in [1.54, 1.807) is 16.4 Å². The topological polar surface area (TPSA) is 58.6 Å². The maximum absolute atomic E-state index is 12.9. The summed E-state index contributed by atoms with van der Waals surface area (Å²) in [6.45, 7) is 4.12. The van der Waals surface area contributed by atoms with E-state index in [9.17, 15) is 8.42 Å². The highest BCUT2D eigenvalue weighted by molar-refractivity contribution is 7.89. The minimum Gasteiger partial charge on any atom is -0.377 e. The Balaban J connectivity index is 2.25. The van der Waals surface area contributed by atoms with Gasteiger partial charge in [-0.3, -0.25) is 0 Å². The van der Waals surface area contributed by atoms with E-state index in [0.717, 1.165) is 18.4 Å². The predicted octanol–water partition coefficient (Wildman–Crippen LogP) is 1.60. The van der Waals surface area contributed by atoms with Crippen LogP contribution in [-0.4, -0.2) is 45.6 Å². The zero-order chi connectivity index (χ0) is 15.3. The molecular formula is C15H24N2O3S. The van der Waals surface area contributed by atoms with E-state index in [1.807, 2.05) is 26.1 Å². The molecule has 0 radical (unpaired) electrons. The Morgan fingerprint density at radius 3 is 2.86 bits per heavy atom. The molecule has 0 saturated carbocycles. The molecule has 21 heavy (non-hydrogen) atoms. The number of rotatable bonds is 6. The lowest BCUT2D eigenvalue weighted by Gasteiger charge is -2.32. The van der Waals surface area contributed by atoms with Gasteiger partial charge in [-0.1, -0.05) is 18.2 Å². The Hall–Kier alpha value is -0.950. The van der Waals surface area contributed by atoms with Gasteiger partial charge in [0.1, 0.15) is 0 Å². The average Bonchev–Trinajstić information content (AvgIpc) is 2.49. The molecule has 1 heterocycles. The first-order chi connectivity index (χ1) is 10.1. The van der Waals surface area contributed by atoms with E-state index in [0.29, 0.717) is 31.1 Å². The summed E-state index contributed by atoms with van der Waals surface area (Å²) in [5.74, 6) is 0. The fourth-order valence-corrected chi connectivity index (χ4v) is 4.46. The molecule has 1 unspecified atom stereocenters. The second-order valence-electron chi connectivity index (χ2n) is 5.22. The fraction of sp³-hybridized carbons (Fsp3) is 0.600. The van der Waals surface area contributed by atoms with Crippen LogP contribution < -0.4 is 5.32 Å². The van der Waals surface area contributed by atoms with Crippen LogP contribution >= 0.6 is 0 Å². The van der Waals surface area contributed by atoms with Gasteiger partial charge in [-0.05, 0) is 38.4 Å². The first kappa shape index (κ1) is 16.4. The van der Waals surface area contributed by atoms with Crippen LogP contribution in [0.4, 0.5) is 0 Å². The molecule has 0 aromatic heterocycles. The van der Waals surface area contributed by atoms with E-state index in [1.165, 1.54) is 0 Å². The van der Waals surface area contributed by atoms with Gasteiger partial charge in [0.15, 0.2) is 0 Å². The Labute approximate surface area is 127 Å². The molecule has 0 aliphatic carbocycles. The zero-order valence-corrected chi connectivity index (χ0v) is 13.5. The van der Waals surface area contributed by atoms with Crippen molar-refractivity contribution >= 4 is 10.0 Å². The molecule has 1 aliphatic rings. The van der Waals surface area contributed by atoms with Crippen molar-refractivity contribution < 1.29 is 13.2 Å². The lowest BCUT2D eigenvalue weighted by atomic mass is 10.1. The van der Waals surface area contributed by atoms with E-state index in [2.05, 4.69) is 5.32 Å². The van der Waals surface area contributed by atoms with E-state index in [-0.39, 0.29) is 6.10 Å². The van der Waals surface area contributed by atoms with Crippen molar-refractivity contribution in [3.8, 4) is 0 Å². The van der Waals surface area contributed by atoms with Crippen molar-refractivity contribution in [3.63, 3.8) is 0 Å². The van der Waals surface area contributed by atoms with Crippen LogP contribution in [0, 0.1) is 0 Å². The summed E-state index contributed by atoms with van der Waals surface area (Å²) in [5, 5.41) is 3.02. The molecule has 1 aromatic carbocycles. The van der Waals surface area contributed by atoms with Gasteiger partial charge < -0.3 is 10.1 Å². The number of benzene rings is 1. The van der Waals surface area contributed by atoms with Gasteiger partial charge in [-0.15, -0.1) is 0 Å². The third-order valence-electron chi connectivity index (χ3n) is 3.70. The summed E-state index contributed by atoms with van der Waals surface area (Å²) in [4.78, 5) is 0.400. The number of piperidine rings is 1. The van der Waals surface area contributed by atoms with Gasteiger partial charge >= 0.3 is 0 Å². The molecule has 5 nitrogen and oxygen atoms in total. The van der Waals surface area contributed by atoms with Crippen molar-refractivity contribution in [1.82, 2.24) is 9.62 Å². The van der Waals surface area contributed by atoms with E-state index < -0.39 is 10.0 Å². The maximum atomic E-state index is 12.9. The lowest BCUT2D eigenvalue weighted by molar-refractivity contribution is 0.0265. The Kier molecular flexibility index (Phi) is 5.75. The Morgan fingerprint density at radius 1 is 1.38 bits per heavy atom. The molecule has 1 N–H and O–H groups in total. The normalized spacial score (nSPS) is 20.6. The molecule has 118 valence electrons. The highest BCUT2D eigenvalue weighted by Crippen LogP contribution is 2.24. The molecule has 1 aromatic rings. The van der Waals surface area contributed by atoms with Crippen molar-refractivity contribution in [2.24, 2.45) is 0 Å². The van der Waals surface area contributed by atoms with E-state index >= 15 is 0 Å². The number of nitrogens with one attached hydrogen (secondary N) is 1. The van der Waals surface area contributed by atoms with Crippen LogP contribution in [0.15, 0.2) is 29.2 Å². The van der Waals surface area contributed by atoms with Crippen LogP contribution in [0.25, 0.3) is 0 Å². The van der Waals surface area contributed by atoms with Crippen LogP contribution in [-0.2, 0) is 21.3 Å². The van der Waals surface area contributed by atoms with Gasteiger partial charge in [0.05, 0.1) is 11.0 Å². The number of hydrogen-bond donors (Lipinski definition) is 1. The van der Waals surface area contributed by atoms with Gasteiger partial charge in [0, 0.05) is 26.2 Å². The molecule has 1 atom stereocenters. The number of hydrogen-bond acceptors (Lipinski definition) is 4. The van der Waals surface area contributed by atoms with Gasteiger partial charge in [-0.2, -0.15) is 4.31 Å². The molecule has 0 bridgehead atoms. The summed E-state index contributed by atoms with van der Waals surface area (Å²) in [7, 11) is -1.64. The highest BCUT2D eigenvalue weighted by Gasteiger charge is 2.31. The van der Waals surface area contributed by atoms with Crippen molar-refractivity contribution in [1.29, 1.82) is 0 Å². The number of sulfonamides is 1. The molecule has 1 fully saturated rings. The smallest absolute Gasteiger partial charge is 0.243 e. The minimum absolute atomic E-state index is 0.00925. The third-order valence-corrected chi connectivity index (χ3v) is 5.67. The zero-order valence-electron chi connectivity index (χ0n) is 12.7. The monoisotopic (exact) mass is 312 g/mol. The predicted molar refractivity (Wildman–Crippen MR) is 82.6 cm³/mol. The van der Waals surface area contributed by atoms with E-state index in [4.69, 9.17) is 4.74 Å². The molecule has 1 aliphatic heterocycles. The largest absolute Gasteiger partial charge is 0.377 e. The number of ether oxygens (including phenoxy) is 1. The van der Waals surface area contributed by atoms with Crippen molar-refractivity contribution in [3.05, 3.63) is 29.8 Å². The molecule has 0 amide bonds. The standard InChI is InChI=1S/C15H24N2O3S/c1-3-20-14-8-6-10-17(12-14)21(18,19)15-9-5-4-7-13(15)11-16-2/h4-5,7,9,14,16H,3,6,8,10-12H2,1-2H3. The molecular weight excluding hydrogens is 288 g/mol. The quantitative estimate of drug-likeness (QED) is 0.867. The average molecular weight is 312 g/mol. The Morgan fingerprint density at radius 2 is 2.14 bits per heavy atom. The molecule has 1 saturated heterocycles. The SMILES string of the molecule is CCOC1CCCN(S(=O)(=O)c2ccccc2CNC)C1. The highest BCUT2D eigenvalue weighted by atomic mass is 32.2. The van der Waals surface area contributed by atoms with Crippen LogP contribution in [0.3, 0.4) is 0 Å². The summed E-state index contributed by atoms with van der Waals surface area (Å²) in [6, 6.07) is 7.18. The molecule has 2 rings (SSSR count). The lowest BCUT2D eigenvalue weighted by Crippen LogP contribution is -2.43. The summed E-state index contributed by atoms with van der Waals surface area (Å²) < 4.78 is 32.9.